The van der Waals surface area contributed by atoms with Crippen molar-refractivity contribution in [3.05, 3.63) is 59.7 Å². The molecule has 0 atom stereocenters. The fourth-order valence-electron chi connectivity index (χ4n) is 4.75. The van der Waals surface area contributed by atoms with Crippen LogP contribution < -0.4 is 0 Å². The number of benzene rings is 2. The second-order valence-corrected chi connectivity index (χ2v) is 8.67. The van der Waals surface area contributed by atoms with Gasteiger partial charge in [-0.25, -0.2) is 0 Å². The van der Waals surface area contributed by atoms with Crippen LogP contribution in [0, 0.1) is 12.8 Å². The third-order valence-electron chi connectivity index (χ3n) is 6.48. The first-order valence-corrected chi connectivity index (χ1v) is 12.9. The molecular weight excluding hydrogens is 450 g/mol. The summed E-state index contributed by atoms with van der Waals surface area (Å²) in [5, 5.41) is 11.1. The van der Waals surface area contributed by atoms with E-state index in [1.54, 1.807) is 0 Å². The molecule has 1 saturated heterocycles. The van der Waals surface area contributed by atoms with Gasteiger partial charge < -0.3 is 9.63 Å². The van der Waals surface area contributed by atoms with Crippen LogP contribution in [-0.4, -0.2) is 39.7 Å². The van der Waals surface area contributed by atoms with E-state index in [-0.39, 0.29) is 6.47 Å². The normalized spacial score (nSPS) is 15.3. The summed E-state index contributed by atoms with van der Waals surface area (Å²) in [6.45, 7) is 7.22. The molecule has 2 aromatic carbocycles. The Morgan fingerprint density at radius 3 is 2.06 bits per heavy atom. The van der Waals surface area contributed by atoms with Gasteiger partial charge in [-0.3, -0.25) is 9.69 Å². The van der Waals surface area contributed by atoms with Crippen LogP contribution in [0.2, 0.25) is 0 Å². The zero-order valence-corrected chi connectivity index (χ0v) is 21.6. The van der Waals surface area contributed by atoms with Gasteiger partial charge in [-0.05, 0) is 68.0 Å². The first-order chi connectivity index (χ1) is 17.8. The van der Waals surface area contributed by atoms with E-state index in [2.05, 4.69) is 76.4 Å². The van der Waals surface area contributed by atoms with Crippen LogP contribution in [0.1, 0.15) is 75.8 Å². The Balaban J connectivity index is 0.000000596. The van der Waals surface area contributed by atoms with Gasteiger partial charge in [0.05, 0.1) is 0 Å². The molecule has 0 spiro atoms. The van der Waals surface area contributed by atoms with E-state index in [0.29, 0.717) is 11.7 Å². The summed E-state index contributed by atoms with van der Waals surface area (Å²) in [7, 11) is 0. The van der Waals surface area contributed by atoms with E-state index in [9.17, 15) is 0 Å². The highest BCUT2D eigenvalue weighted by Crippen LogP contribution is 2.33. The number of terminal acetylenes is 1. The minimum absolute atomic E-state index is 0.250. The standard InChI is InChI=1S/C25H29N3O.C2H6.C2H2.CH2O2/c1-2-6-20(7-3-1)21-12-14-23(15-13-21)25-26-24(27-29-25)22-10-8-19(9-11-22)18-28-16-4-5-17-28;2*1-2;2-1-3/h8-15,20H,1-7,16-18H2;1-2H3;1-2H;1H,(H,2,3). The Hall–Kier alpha value is -3.43. The summed E-state index contributed by atoms with van der Waals surface area (Å²) in [5.74, 6) is 1.97. The molecule has 1 N–H and O–H groups in total. The maximum Gasteiger partial charge on any atom is 0.290 e. The lowest BCUT2D eigenvalue weighted by atomic mass is 9.84. The highest BCUT2D eigenvalue weighted by Gasteiger charge is 2.17. The van der Waals surface area contributed by atoms with Crippen LogP contribution in [0.5, 0.6) is 0 Å². The number of carboxylic acid groups (broad SMARTS) is 1. The van der Waals surface area contributed by atoms with Gasteiger partial charge in [0.25, 0.3) is 12.4 Å². The minimum Gasteiger partial charge on any atom is -0.483 e. The quantitative estimate of drug-likeness (QED) is 0.306. The van der Waals surface area contributed by atoms with Gasteiger partial charge in [0.15, 0.2) is 0 Å². The number of rotatable bonds is 5. The zero-order valence-electron chi connectivity index (χ0n) is 21.6. The van der Waals surface area contributed by atoms with Gasteiger partial charge in [-0.15, -0.1) is 12.8 Å². The van der Waals surface area contributed by atoms with Crippen molar-refractivity contribution in [3.8, 4) is 35.7 Å². The van der Waals surface area contributed by atoms with Gasteiger partial charge in [0.1, 0.15) is 0 Å². The molecule has 2 fully saturated rings. The molecule has 6 heteroatoms. The van der Waals surface area contributed by atoms with Crippen molar-refractivity contribution >= 4 is 6.47 Å². The maximum absolute atomic E-state index is 8.36. The largest absolute Gasteiger partial charge is 0.483 e. The van der Waals surface area contributed by atoms with Crippen molar-refractivity contribution in [2.24, 2.45) is 0 Å². The third kappa shape index (κ3) is 8.35. The van der Waals surface area contributed by atoms with Gasteiger partial charge in [0, 0.05) is 17.7 Å². The van der Waals surface area contributed by atoms with Crippen LogP contribution in [0.4, 0.5) is 0 Å². The number of nitrogens with zero attached hydrogens (tertiary/aromatic N) is 3. The molecule has 1 aromatic heterocycles. The molecule has 0 amide bonds. The van der Waals surface area contributed by atoms with E-state index in [4.69, 9.17) is 14.4 Å². The summed E-state index contributed by atoms with van der Waals surface area (Å²) in [5.41, 5.74) is 4.79. The molecule has 1 aliphatic carbocycles. The molecule has 36 heavy (non-hydrogen) atoms. The molecule has 6 nitrogen and oxygen atoms in total. The highest BCUT2D eigenvalue weighted by molar-refractivity contribution is 5.60. The van der Waals surface area contributed by atoms with Crippen LogP contribution in [0.15, 0.2) is 53.1 Å². The summed E-state index contributed by atoms with van der Waals surface area (Å²) in [4.78, 5) is 15.5. The lowest BCUT2D eigenvalue weighted by molar-refractivity contribution is -0.122. The van der Waals surface area contributed by atoms with E-state index in [0.717, 1.165) is 23.6 Å². The van der Waals surface area contributed by atoms with Crippen molar-refractivity contribution in [3.63, 3.8) is 0 Å². The second-order valence-electron chi connectivity index (χ2n) is 8.67. The predicted octanol–water partition coefficient (Wildman–Crippen LogP) is 7.02. The van der Waals surface area contributed by atoms with Crippen LogP contribution in [-0.2, 0) is 11.3 Å². The Bertz CT molecular complexity index is 1010. The topological polar surface area (TPSA) is 79.5 Å². The van der Waals surface area contributed by atoms with Crippen molar-refractivity contribution in [1.29, 1.82) is 0 Å². The van der Waals surface area contributed by atoms with E-state index in [1.807, 2.05) is 13.8 Å². The van der Waals surface area contributed by atoms with E-state index in [1.165, 1.54) is 69.2 Å². The molecular formula is C30H39N3O3. The van der Waals surface area contributed by atoms with Crippen LogP contribution >= 0.6 is 0 Å². The molecule has 192 valence electrons. The maximum atomic E-state index is 8.36. The molecule has 0 unspecified atom stereocenters. The highest BCUT2D eigenvalue weighted by atomic mass is 16.5. The van der Waals surface area contributed by atoms with Crippen molar-refractivity contribution in [1.82, 2.24) is 15.0 Å². The summed E-state index contributed by atoms with van der Waals surface area (Å²) in [6, 6.07) is 17.3. The molecule has 0 radical (unpaired) electrons. The van der Waals surface area contributed by atoms with Gasteiger partial charge >= 0.3 is 0 Å². The Morgan fingerprint density at radius 1 is 0.917 bits per heavy atom. The monoisotopic (exact) mass is 489 g/mol. The van der Waals surface area contributed by atoms with E-state index >= 15 is 0 Å². The Morgan fingerprint density at radius 2 is 1.47 bits per heavy atom. The van der Waals surface area contributed by atoms with Gasteiger partial charge in [-0.2, -0.15) is 4.98 Å². The van der Waals surface area contributed by atoms with Crippen LogP contribution in [0.3, 0.4) is 0 Å². The molecule has 2 aliphatic rings. The average molecular weight is 490 g/mol. The molecule has 2 heterocycles. The van der Waals surface area contributed by atoms with Gasteiger partial charge in [-0.1, -0.05) is 74.7 Å². The summed E-state index contributed by atoms with van der Waals surface area (Å²) >= 11 is 0. The van der Waals surface area contributed by atoms with Crippen LogP contribution in [0.25, 0.3) is 22.8 Å². The van der Waals surface area contributed by atoms with Crippen molar-refractivity contribution in [2.75, 3.05) is 13.1 Å². The molecule has 0 bridgehead atoms. The number of likely N-dealkylation sites (tertiary alicyclic amines) is 1. The van der Waals surface area contributed by atoms with Crippen molar-refractivity contribution in [2.45, 2.75) is 71.3 Å². The third-order valence-corrected chi connectivity index (χ3v) is 6.48. The lowest BCUT2D eigenvalue weighted by Crippen LogP contribution is -2.18. The lowest BCUT2D eigenvalue weighted by Gasteiger charge is -2.21. The molecule has 1 saturated carbocycles. The Labute approximate surface area is 215 Å². The number of hydrogen-bond acceptors (Lipinski definition) is 5. The number of carbonyl (C=O) groups is 1. The fourth-order valence-corrected chi connectivity index (χ4v) is 4.75. The molecule has 1 aliphatic heterocycles. The SMILES string of the molecule is C#C.CC.O=CO.c1cc(-c2noc(-c3ccc(C4CCCCC4)cc3)n2)ccc1CN1CCCC1. The van der Waals surface area contributed by atoms with E-state index < -0.39 is 0 Å². The Kier molecular flexibility index (Phi) is 13.0. The van der Waals surface area contributed by atoms with Gasteiger partial charge in [0.2, 0.25) is 5.82 Å². The smallest absolute Gasteiger partial charge is 0.290 e. The number of hydrogen-bond donors (Lipinski definition) is 1. The first-order valence-electron chi connectivity index (χ1n) is 12.9. The first kappa shape index (κ1) is 28.8. The fraction of sp³-hybridized carbons (Fsp3) is 0.433. The molecule has 5 rings (SSSR count). The molecule has 3 aromatic rings. The van der Waals surface area contributed by atoms with Crippen molar-refractivity contribution < 1.29 is 14.4 Å². The second kappa shape index (κ2) is 16.3. The minimum atomic E-state index is -0.250. The zero-order chi connectivity index (χ0) is 26.2. The number of aromatic nitrogens is 2. The summed E-state index contributed by atoms with van der Waals surface area (Å²) < 4.78 is 5.56. The summed E-state index contributed by atoms with van der Waals surface area (Å²) in [6.07, 6.45) is 17.4. The average Bonchev–Trinajstić information content (AvgIpc) is 3.66. The predicted molar refractivity (Wildman–Crippen MR) is 145 cm³/mol.